The Morgan fingerprint density at radius 3 is 2.52 bits per heavy atom. The van der Waals surface area contributed by atoms with Gasteiger partial charge in [-0.1, -0.05) is 36.4 Å². The van der Waals surface area contributed by atoms with Crippen molar-refractivity contribution in [1.29, 1.82) is 0 Å². The number of benzene rings is 1. The van der Waals surface area contributed by atoms with Gasteiger partial charge in [0.05, 0.1) is 25.1 Å². The molecule has 2 heterocycles. The van der Waals surface area contributed by atoms with Gasteiger partial charge in [-0.2, -0.15) is 0 Å². The molecule has 1 saturated heterocycles. The lowest BCUT2D eigenvalue weighted by Gasteiger charge is -2.34. The van der Waals surface area contributed by atoms with E-state index in [0.717, 1.165) is 29.7 Å². The fraction of sp³-hybridized carbons (Fsp3) is 0.308. The molecule has 0 saturated carbocycles. The Hall–Kier alpha value is -3.19. The summed E-state index contributed by atoms with van der Waals surface area (Å²) in [5.74, 6) is -3.63. The van der Waals surface area contributed by atoms with Crippen molar-refractivity contribution in [2.75, 3.05) is 18.5 Å². The first-order valence-corrected chi connectivity index (χ1v) is 10.5. The summed E-state index contributed by atoms with van der Waals surface area (Å²) < 4.78 is 47.1. The van der Waals surface area contributed by atoms with E-state index in [1.54, 1.807) is 18.2 Å². The van der Waals surface area contributed by atoms with Crippen LogP contribution in [0.3, 0.4) is 0 Å². The fourth-order valence-corrected chi connectivity index (χ4v) is 3.42. The van der Waals surface area contributed by atoms with E-state index in [0.29, 0.717) is 16.9 Å². The molecule has 1 aliphatic rings. The minimum Gasteiger partial charge on any atom is -0.374 e. The zero-order valence-electron chi connectivity index (χ0n) is 19.1. The molecule has 3 rings (SSSR count). The quantitative estimate of drug-likeness (QED) is 0.398. The predicted octanol–water partition coefficient (Wildman–Crippen LogP) is 6.21. The van der Waals surface area contributed by atoms with Gasteiger partial charge in [-0.25, -0.2) is 13.2 Å². The molecule has 4 nitrogen and oxygen atoms in total. The molecular weight excluding hydrogens is 429 g/mol. The number of nitrogens with zero attached hydrogens (tertiary/aromatic N) is 1. The number of amides is 1. The molecule has 1 aliphatic heterocycles. The molecule has 2 aromatic rings. The SMILES string of the molecule is C=C/C=C(\C=C(/C)C(C)(F)F)C(=O)Nc1cnc(C)c(-c2cc(C)cc(C3(F)COC3)c2)c1. The highest BCUT2D eigenvalue weighted by Crippen LogP contribution is 2.37. The minimum atomic E-state index is -3.05. The number of hydrogen-bond acceptors (Lipinski definition) is 3. The van der Waals surface area contributed by atoms with Gasteiger partial charge in [-0.15, -0.1) is 0 Å². The maximum absolute atomic E-state index is 14.9. The third kappa shape index (κ3) is 5.60. The Balaban J connectivity index is 1.93. The zero-order chi connectivity index (χ0) is 24.4. The van der Waals surface area contributed by atoms with Gasteiger partial charge in [0.2, 0.25) is 0 Å². The zero-order valence-corrected chi connectivity index (χ0v) is 19.1. The summed E-state index contributed by atoms with van der Waals surface area (Å²) in [7, 11) is 0. The van der Waals surface area contributed by atoms with Gasteiger partial charge in [0.1, 0.15) is 0 Å². The number of aromatic nitrogens is 1. The summed E-state index contributed by atoms with van der Waals surface area (Å²) >= 11 is 0. The molecule has 1 N–H and O–H groups in total. The number of carbonyl (C=O) groups excluding carboxylic acids is 1. The first-order valence-electron chi connectivity index (χ1n) is 10.5. The maximum atomic E-state index is 14.9. The Kier molecular flexibility index (Phi) is 6.93. The van der Waals surface area contributed by atoms with Crippen LogP contribution >= 0.6 is 0 Å². The number of carbonyl (C=O) groups is 1. The second-order valence-corrected chi connectivity index (χ2v) is 8.43. The van der Waals surface area contributed by atoms with Crippen molar-refractivity contribution in [3.8, 4) is 11.1 Å². The van der Waals surface area contributed by atoms with E-state index in [4.69, 9.17) is 4.74 Å². The predicted molar refractivity (Wildman–Crippen MR) is 124 cm³/mol. The third-order valence-electron chi connectivity index (χ3n) is 5.54. The van der Waals surface area contributed by atoms with Crippen LogP contribution in [0.4, 0.5) is 18.9 Å². The second-order valence-electron chi connectivity index (χ2n) is 8.43. The number of nitrogens with one attached hydrogen (secondary N) is 1. The Morgan fingerprint density at radius 1 is 1.24 bits per heavy atom. The van der Waals surface area contributed by atoms with Crippen molar-refractivity contribution in [3.63, 3.8) is 0 Å². The van der Waals surface area contributed by atoms with Crippen molar-refractivity contribution in [3.05, 3.63) is 83.2 Å². The molecule has 0 atom stereocenters. The van der Waals surface area contributed by atoms with Crippen LogP contribution in [0.5, 0.6) is 0 Å². The lowest BCUT2D eigenvalue weighted by atomic mass is 9.89. The van der Waals surface area contributed by atoms with E-state index >= 15 is 0 Å². The number of pyridine rings is 1. The van der Waals surface area contributed by atoms with E-state index in [9.17, 15) is 18.0 Å². The van der Waals surface area contributed by atoms with Gasteiger partial charge in [-0.05, 0) is 55.7 Å². The summed E-state index contributed by atoms with van der Waals surface area (Å²) in [6, 6.07) is 7.21. The van der Waals surface area contributed by atoms with Crippen molar-refractivity contribution < 1.29 is 22.7 Å². The van der Waals surface area contributed by atoms with Gasteiger partial charge in [0.25, 0.3) is 11.8 Å². The van der Waals surface area contributed by atoms with Crippen LogP contribution in [0.1, 0.15) is 30.7 Å². The molecule has 1 fully saturated rings. The summed E-state index contributed by atoms with van der Waals surface area (Å²) in [6.07, 6.45) is 5.34. The van der Waals surface area contributed by atoms with Gasteiger partial charge < -0.3 is 10.1 Å². The van der Waals surface area contributed by atoms with Crippen LogP contribution in [-0.2, 0) is 15.2 Å². The highest BCUT2D eigenvalue weighted by Gasteiger charge is 2.41. The second kappa shape index (κ2) is 9.35. The average Bonchev–Trinajstić information content (AvgIpc) is 2.71. The molecule has 1 amide bonds. The Labute approximate surface area is 191 Å². The molecule has 0 spiro atoms. The van der Waals surface area contributed by atoms with Crippen LogP contribution < -0.4 is 5.32 Å². The van der Waals surface area contributed by atoms with Gasteiger partial charge in [0.15, 0.2) is 5.67 Å². The topological polar surface area (TPSA) is 51.2 Å². The van der Waals surface area contributed by atoms with Crippen LogP contribution in [0.25, 0.3) is 11.1 Å². The molecule has 33 heavy (non-hydrogen) atoms. The normalized spacial score (nSPS) is 16.2. The lowest BCUT2D eigenvalue weighted by Crippen LogP contribution is -2.42. The maximum Gasteiger partial charge on any atom is 0.266 e. The average molecular weight is 457 g/mol. The first kappa shape index (κ1) is 24.5. The van der Waals surface area contributed by atoms with Gasteiger partial charge >= 0.3 is 0 Å². The van der Waals surface area contributed by atoms with E-state index in [2.05, 4.69) is 16.9 Å². The fourth-order valence-electron chi connectivity index (χ4n) is 3.42. The number of aryl methyl sites for hydroxylation is 2. The molecule has 1 aromatic heterocycles. The lowest BCUT2D eigenvalue weighted by molar-refractivity contribution is -0.135. The Morgan fingerprint density at radius 2 is 1.94 bits per heavy atom. The third-order valence-corrected chi connectivity index (χ3v) is 5.54. The monoisotopic (exact) mass is 456 g/mol. The molecule has 1 aromatic carbocycles. The summed E-state index contributed by atoms with van der Waals surface area (Å²) in [4.78, 5) is 17.1. The summed E-state index contributed by atoms with van der Waals surface area (Å²) in [6.45, 7) is 9.32. The summed E-state index contributed by atoms with van der Waals surface area (Å²) in [5.41, 5.74) is 2.27. The van der Waals surface area contributed by atoms with Crippen molar-refractivity contribution in [2.45, 2.75) is 39.3 Å². The van der Waals surface area contributed by atoms with Crippen molar-refractivity contribution >= 4 is 11.6 Å². The van der Waals surface area contributed by atoms with Crippen molar-refractivity contribution in [2.24, 2.45) is 0 Å². The summed E-state index contributed by atoms with van der Waals surface area (Å²) in [5, 5.41) is 2.70. The molecule has 174 valence electrons. The van der Waals surface area contributed by atoms with E-state index in [1.807, 2.05) is 19.9 Å². The number of hydrogen-bond donors (Lipinski definition) is 1. The smallest absolute Gasteiger partial charge is 0.266 e. The minimum absolute atomic E-state index is 0.0192. The Bertz CT molecular complexity index is 1140. The highest BCUT2D eigenvalue weighted by atomic mass is 19.3. The van der Waals surface area contributed by atoms with E-state index < -0.39 is 17.5 Å². The van der Waals surface area contributed by atoms with Gasteiger partial charge in [-0.3, -0.25) is 9.78 Å². The van der Waals surface area contributed by atoms with Crippen molar-refractivity contribution in [1.82, 2.24) is 4.98 Å². The number of anilines is 1. The molecule has 0 radical (unpaired) electrons. The highest BCUT2D eigenvalue weighted by molar-refractivity contribution is 6.06. The number of rotatable bonds is 7. The van der Waals surface area contributed by atoms with Crippen LogP contribution in [0.15, 0.2) is 66.4 Å². The van der Waals surface area contributed by atoms with Crippen LogP contribution in [-0.4, -0.2) is 30.0 Å². The standard InChI is InChI=1S/C26H27F3N2O2/c1-6-7-19(10-17(3)25(5,27)28)24(32)31-22-12-23(18(4)30-13-22)20-8-16(2)9-21(11-20)26(29)14-33-15-26/h6-13H,1,14-15H2,2-5H3,(H,31,32)/b17-10+,19-7+. The molecule has 0 unspecified atom stereocenters. The number of allylic oxidation sites excluding steroid dienone is 3. The van der Waals surface area contributed by atoms with E-state index in [1.165, 1.54) is 25.3 Å². The number of halogens is 3. The molecule has 0 aliphatic carbocycles. The first-order chi connectivity index (χ1) is 15.4. The van der Waals surface area contributed by atoms with Crippen LogP contribution in [0.2, 0.25) is 0 Å². The number of alkyl halides is 3. The van der Waals surface area contributed by atoms with Crippen LogP contribution in [0, 0.1) is 13.8 Å². The molecular formula is C26H27F3N2O2. The number of ether oxygens (including phenoxy) is 1. The molecule has 7 heteroatoms. The molecule has 0 bridgehead atoms. The largest absolute Gasteiger partial charge is 0.374 e. The van der Waals surface area contributed by atoms with E-state index in [-0.39, 0.29) is 24.4 Å². The van der Waals surface area contributed by atoms with Gasteiger partial charge in [0, 0.05) is 23.8 Å².